The highest BCUT2D eigenvalue weighted by Gasteiger charge is 2.77. The van der Waals surface area contributed by atoms with Crippen molar-refractivity contribution in [3.63, 3.8) is 0 Å². The highest BCUT2D eigenvalue weighted by molar-refractivity contribution is 6.52. The van der Waals surface area contributed by atoms with Crippen molar-refractivity contribution in [2.75, 3.05) is 0 Å². The van der Waals surface area contributed by atoms with Crippen LogP contribution in [-0.4, -0.2) is 21.0 Å². The predicted octanol–water partition coefficient (Wildman–Crippen LogP) is 4.46. The van der Waals surface area contributed by atoms with Crippen LogP contribution in [0.25, 0.3) is 0 Å². The summed E-state index contributed by atoms with van der Waals surface area (Å²) in [6.45, 7) is 0. The van der Waals surface area contributed by atoms with Crippen molar-refractivity contribution >= 4 is 46.4 Å². The Morgan fingerprint density at radius 1 is 0.643 bits per heavy atom. The average Bonchev–Trinajstić information content (AvgIpc) is 1.81. The van der Waals surface area contributed by atoms with Crippen LogP contribution in [-0.2, 0) is 0 Å². The van der Waals surface area contributed by atoms with E-state index in [1.807, 2.05) is 0 Å². The molecule has 0 aromatic rings. The normalized spacial score (nSPS) is 19.3. The van der Waals surface area contributed by atoms with Crippen LogP contribution >= 0.6 is 46.4 Å². The molecule has 0 saturated heterocycles. The molecule has 0 aliphatic rings. The molecule has 0 radical (unpaired) electrons. The quantitative estimate of drug-likeness (QED) is 0.533. The topological polar surface area (TPSA) is 0 Å². The summed E-state index contributed by atoms with van der Waals surface area (Å²) >= 11 is 16.5. The van der Waals surface area contributed by atoms with E-state index < -0.39 is 21.0 Å². The molecular formula is C4Cl4F6. The molecule has 0 heterocycles. The summed E-state index contributed by atoms with van der Waals surface area (Å²) in [5.74, 6) is -5.79. The molecule has 0 aliphatic carbocycles. The third-order valence-electron chi connectivity index (χ3n) is 1.11. The molecule has 1 atom stereocenters. The van der Waals surface area contributed by atoms with Crippen LogP contribution in [0.2, 0.25) is 0 Å². The first-order chi connectivity index (χ1) is 5.75. The van der Waals surface area contributed by atoms with Gasteiger partial charge in [-0.15, -0.1) is 0 Å². The third-order valence-corrected chi connectivity index (χ3v) is 2.56. The van der Waals surface area contributed by atoms with E-state index in [1.165, 1.54) is 0 Å². The standard InChI is InChI=1S/C4Cl4F6/c5-1(9,3(6,7)12)2(10,11)4(8,13)14. The minimum absolute atomic E-state index is 3.82. The molecule has 0 fully saturated rings. The van der Waals surface area contributed by atoms with E-state index in [4.69, 9.17) is 0 Å². The summed E-state index contributed by atoms with van der Waals surface area (Å²) in [4.78, 5) is 0. The summed E-state index contributed by atoms with van der Waals surface area (Å²) in [5, 5.41) is -10.5. The van der Waals surface area contributed by atoms with Gasteiger partial charge in [-0.25, -0.2) is 8.78 Å². The number of hydrogen-bond donors (Lipinski definition) is 0. The van der Waals surface area contributed by atoms with Gasteiger partial charge < -0.3 is 0 Å². The van der Waals surface area contributed by atoms with Crippen LogP contribution in [0, 0.1) is 0 Å². The Morgan fingerprint density at radius 2 is 0.929 bits per heavy atom. The lowest BCUT2D eigenvalue weighted by Crippen LogP contribution is -2.57. The number of alkyl halides is 10. The molecule has 0 spiro atoms. The monoisotopic (exact) mass is 302 g/mol. The SMILES string of the molecule is FC(F)(Cl)C(F)(F)C(F)(Cl)C(F)(Cl)Cl. The maximum Gasteiger partial charge on any atom is 0.389 e. The second-order valence-electron chi connectivity index (χ2n) is 2.14. The van der Waals surface area contributed by atoms with Gasteiger partial charge in [0, 0.05) is 0 Å². The fourth-order valence-corrected chi connectivity index (χ4v) is 0.891. The summed E-state index contributed by atoms with van der Waals surface area (Å²) in [5.41, 5.74) is 0. The smallest absolute Gasteiger partial charge is 0.212 e. The van der Waals surface area contributed by atoms with Gasteiger partial charge in [0.15, 0.2) is 0 Å². The van der Waals surface area contributed by atoms with Crippen molar-refractivity contribution in [3.05, 3.63) is 0 Å². The van der Waals surface area contributed by atoms with Crippen LogP contribution in [0.15, 0.2) is 0 Å². The molecule has 0 rings (SSSR count). The molecule has 0 saturated carbocycles. The fourth-order valence-electron chi connectivity index (χ4n) is 0.356. The average molecular weight is 304 g/mol. The highest BCUT2D eigenvalue weighted by atomic mass is 35.5. The van der Waals surface area contributed by atoms with Crippen molar-refractivity contribution in [2.45, 2.75) is 21.0 Å². The first-order valence-electron chi connectivity index (χ1n) is 2.64. The van der Waals surface area contributed by atoms with Gasteiger partial charge in [-0.1, -0.05) is 34.8 Å². The van der Waals surface area contributed by atoms with Crippen LogP contribution in [0.4, 0.5) is 26.3 Å². The van der Waals surface area contributed by atoms with Crippen LogP contribution in [0.1, 0.15) is 0 Å². The Morgan fingerprint density at radius 3 is 1.00 bits per heavy atom. The van der Waals surface area contributed by atoms with Crippen molar-refractivity contribution in [3.8, 4) is 0 Å². The maximum atomic E-state index is 12.7. The molecule has 86 valence electrons. The lowest BCUT2D eigenvalue weighted by atomic mass is 10.2. The largest absolute Gasteiger partial charge is 0.389 e. The summed E-state index contributed by atoms with van der Waals surface area (Å²) < 4.78 is 69.3. The second kappa shape index (κ2) is 3.64. The molecule has 0 nitrogen and oxygen atoms in total. The van der Waals surface area contributed by atoms with E-state index in [9.17, 15) is 26.3 Å². The van der Waals surface area contributed by atoms with E-state index in [1.54, 1.807) is 0 Å². The zero-order valence-electron chi connectivity index (χ0n) is 5.78. The van der Waals surface area contributed by atoms with Crippen LogP contribution in [0.3, 0.4) is 0 Å². The van der Waals surface area contributed by atoms with Crippen LogP contribution < -0.4 is 0 Å². The summed E-state index contributed by atoms with van der Waals surface area (Å²) in [7, 11) is 0. The molecule has 0 aromatic heterocycles. The molecule has 0 bridgehead atoms. The summed E-state index contributed by atoms with van der Waals surface area (Å²) in [6, 6.07) is 0. The minimum Gasteiger partial charge on any atom is -0.212 e. The fraction of sp³-hybridized carbons (Fsp3) is 1.00. The first kappa shape index (κ1) is 14.7. The van der Waals surface area contributed by atoms with Crippen LogP contribution in [0.5, 0.6) is 0 Å². The van der Waals surface area contributed by atoms with E-state index in [-0.39, 0.29) is 0 Å². The number of halogens is 10. The van der Waals surface area contributed by atoms with Gasteiger partial charge in [-0.05, 0) is 11.6 Å². The van der Waals surface area contributed by atoms with Gasteiger partial charge in [-0.2, -0.15) is 17.6 Å². The third kappa shape index (κ3) is 2.28. The van der Waals surface area contributed by atoms with E-state index in [0.29, 0.717) is 0 Å². The molecule has 1 unspecified atom stereocenters. The molecular weight excluding hydrogens is 304 g/mol. The van der Waals surface area contributed by atoms with E-state index >= 15 is 0 Å². The predicted molar refractivity (Wildman–Crippen MR) is 41.0 cm³/mol. The lowest BCUT2D eigenvalue weighted by Gasteiger charge is -2.33. The molecule has 0 aromatic carbocycles. The molecule has 0 aliphatic heterocycles. The van der Waals surface area contributed by atoms with Crippen molar-refractivity contribution in [1.29, 1.82) is 0 Å². The van der Waals surface area contributed by atoms with E-state index in [0.717, 1.165) is 0 Å². The van der Waals surface area contributed by atoms with Gasteiger partial charge in [0.25, 0.3) is 0 Å². The van der Waals surface area contributed by atoms with Crippen molar-refractivity contribution < 1.29 is 26.3 Å². The molecule has 10 heteroatoms. The number of hydrogen-bond acceptors (Lipinski definition) is 0. The molecule has 0 amide bonds. The van der Waals surface area contributed by atoms with Crippen molar-refractivity contribution in [1.82, 2.24) is 0 Å². The summed E-state index contributed by atoms with van der Waals surface area (Å²) in [6.07, 6.45) is 0. The van der Waals surface area contributed by atoms with Gasteiger partial charge >= 0.3 is 21.0 Å². The van der Waals surface area contributed by atoms with Gasteiger partial charge in [0.05, 0.1) is 0 Å². The lowest BCUT2D eigenvalue weighted by molar-refractivity contribution is -0.220. The number of rotatable bonds is 3. The minimum atomic E-state index is -5.79. The van der Waals surface area contributed by atoms with E-state index in [2.05, 4.69) is 46.4 Å². The first-order valence-corrected chi connectivity index (χ1v) is 4.15. The molecule has 0 N–H and O–H groups in total. The Kier molecular flexibility index (Phi) is 3.84. The van der Waals surface area contributed by atoms with Gasteiger partial charge in [0.1, 0.15) is 0 Å². The Balaban J connectivity index is 5.30. The highest BCUT2D eigenvalue weighted by Crippen LogP contribution is 2.57. The maximum absolute atomic E-state index is 12.7. The zero-order valence-corrected chi connectivity index (χ0v) is 8.80. The zero-order chi connectivity index (χ0) is 12.0. The Labute approximate surface area is 94.0 Å². The van der Waals surface area contributed by atoms with Gasteiger partial charge in [-0.3, -0.25) is 0 Å². The molecule has 14 heavy (non-hydrogen) atoms. The van der Waals surface area contributed by atoms with Crippen molar-refractivity contribution in [2.24, 2.45) is 0 Å². The Hall–Kier alpha value is 0.740. The Bertz CT molecular complexity index is 191. The van der Waals surface area contributed by atoms with Gasteiger partial charge in [0.2, 0.25) is 0 Å². The second-order valence-corrected chi connectivity index (χ2v) is 4.37.